The summed E-state index contributed by atoms with van der Waals surface area (Å²) in [5, 5.41) is 0. The summed E-state index contributed by atoms with van der Waals surface area (Å²) in [6.45, 7) is 0.924. The van der Waals surface area contributed by atoms with Crippen LogP contribution in [0.2, 0.25) is 0 Å². The van der Waals surface area contributed by atoms with E-state index in [9.17, 15) is 0 Å². The molecule has 18 heavy (non-hydrogen) atoms. The van der Waals surface area contributed by atoms with Crippen molar-refractivity contribution in [1.82, 2.24) is 0 Å². The van der Waals surface area contributed by atoms with Gasteiger partial charge in [0.05, 0.1) is 7.11 Å². The number of fused-ring (bicyclic) bond motifs is 1. The smallest absolute Gasteiger partial charge is 0.231 e. The van der Waals surface area contributed by atoms with Crippen LogP contribution in [-0.4, -0.2) is 20.4 Å². The van der Waals surface area contributed by atoms with Gasteiger partial charge in [-0.1, -0.05) is 18.9 Å². The van der Waals surface area contributed by atoms with E-state index in [1.807, 2.05) is 6.07 Å². The van der Waals surface area contributed by atoms with Crippen LogP contribution in [0.15, 0.2) is 12.1 Å². The standard InChI is InChI=1S/C14H19NO3/c1-16-12-10(14(8-15)6-2-3-7-14)4-5-11-13(12)18-9-17-11/h4-5H,2-3,6-9,15H2,1H3. The molecule has 0 bridgehead atoms. The summed E-state index contributed by atoms with van der Waals surface area (Å²) in [6, 6.07) is 4.06. The maximum Gasteiger partial charge on any atom is 0.231 e. The average Bonchev–Trinajstić information content (AvgIpc) is 3.06. The van der Waals surface area contributed by atoms with Gasteiger partial charge in [0.25, 0.3) is 0 Å². The Labute approximate surface area is 107 Å². The number of hydrogen-bond donors (Lipinski definition) is 1. The van der Waals surface area contributed by atoms with Crippen LogP contribution in [0, 0.1) is 0 Å². The zero-order valence-corrected chi connectivity index (χ0v) is 10.7. The molecule has 4 heteroatoms. The summed E-state index contributed by atoms with van der Waals surface area (Å²) >= 11 is 0. The van der Waals surface area contributed by atoms with Gasteiger partial charge < -0.3 is 19.9 Å². The summed E-state index contributed by atoms with van der Waals surface area (Å²) in [6.07, 6.45) is 4.71. The number of nitrogens with two attached hydrogens (primary N) is 1. The highest BCUT2D eigenvalue weighted by Crippen LogP contribution is 2.51. The Morgan fingerprint density at radius 1 is 1.28 bits per heavy atom. The second-order valence-corrected chi connectivity index (χ2v) is 5.07. The lowest BCUT2D eigenvalue weighted by atomic mass is 9.78. The number of hydrogen-bond acceptors (Lipinski definition) is 4. The normalized spacial score (nSPS) is 20.1. The minimum absolute atomic E-state index is 0.0479. The highest BCUT2D eigenvalue weighted by molar-refractivity contribution is 5.59. The predicted molar refractivity (Wildman–Crippen MR) is 68.3 cm³/mol. The van der Waals surface area contributed by atoms with Gasteiger partial charge in [-0.3, -0.25) is 0 Å². The van der Waals surface area contributed by atoms with Crippen molar-refractivity contribution in [2.45, 2.75) is 31.1 Å². The van der Waals surface area contributed by atoms with Crippen LogP contribution in [0.3, 0.4) is 0 Å². The molecule has 1 saturated carbocycles. The lowest BCUT2D eigenvalue weighted by Crippen LogP contribution is -2.32. The number of methoxy groups -OCH3 is 1. The van der Waals surface area contributed by atoms with Gasteiger partial charge in [-0.25, -0.2) is 0 Å². The minimum atomic E-state index is 0.0479. The number of benzene rings is 1. The molecule has 1 aliphatic carbocycles. The van der Waals surface area contributed by atoms with Crippen molar-refractivity contribution >= 4 is 0 Å². The summed E-state index contributed by atoms with van der Waals surface area (Å²) < 4.78 is 16.5. The molecule has 1 aromatic carbocycles. The predicted octanol–water partition coefficient (Wildman–Crippen LogP) is 2.19. The summed E-state index contributed by atoms with van der Waals surface area (Å²) in [5.74, 6) is 2.30. The van der Waals surface area contributed by atoms with Crippen LogP contribution in [0.5, 0.6) is 17.2 Å². The molecule has 0 unspecified atom stereocenters. The van der Waals surface area contributed by atoms with Gasteiger partial charge in [-0.15, -0.1) is 0 Å². The molecule has 1 fully saturated rings. The molecule has 4 nitrogen and oxygen atoms in total. The van der Waals surface area contributed by atoms with E-state index in [4.69, 9.17) is 19.9 Å². The molecule has 1 aromatic rings. The van der Waals surface area contributed by atoms with Gasteiger partial charge in [0.2, 0.25) is 12.5 Å². The molecule has 2 N–H and O–H groups in total. The second-order valence-electron chi connectivity index (χ2n) is 5.07. The van der Waals surface area contributed by atoms with E-state index >= 15 is 0 Å². The molecular formula is C14H19NO3. The van der Waals surface area contributed by atoms with Gasteiger partial charge in [0, 0.05) is 17.5 Å². The fourth-order valence-corrected chi connectivity index (χ4v) is 3.20. The first-order valence-electron chi connectivity index (χ1n) is 6.48. The third-order valence-corrected chi connectivity index (χ3v) is 4.22. The van der Waals surface area contributed by atoms with Crippen LogP contribution in [0.25, 0.3) is 0 Å². The highest BCUT2D eigenvalue weighted by atomic mass is 16.7. The van der Waals surface area contributed by atoms with Gasteiger partial charge in [-0.2, -0.15) is 0 Å². The molecule has 2 aliphatic rings. The van der Waals surface area contributed by atoms with Crippen molar-refractivity contribution in [2.75, 3.05) is 20.4 Å². The van der Waals surface area contributed by atoms with Gasteiger partial charge in [-0.05, 0) is 18.9 Å². The van der Waals surface area contributed by atoms with Gasteiger partial charge in [0.15, 0.2) is 11.5 Å². The Kier molecular flexibility index (Phi) is 2.82. The Morgan fingerprint density at radius 3 is 2.72 bits per heavy atom. The van der Waals surface area contributed by atoms with E-state index in [1.165, 1.54) is 18.4 Å². The third kappa shape index (κ3) is 1.56. The first-order valence-corrected chi connectivity index (χ1v) is 6.48. The lowest BCUT2D eigenvalue weighted by Gasteiger charge is -2.29. The SMILES string of the molecule is COc1c(C2(CN)CCCC2)ccc2c1OCO2. The summed E-state index contributed by atoms with van der Waals surface area (Å²) in [5.41, 5.74) is 7.27. The minimum Gasteiger partial charge on any atom is -0.492 e. The average molecular weight is 249 g/mol. The van der Waals surface area contributed by atoms with Gasteiger partial charge >= 0.3 is 0 Å². The van der Waals surface area contributed by atoms with Crippen LogP contribution in [-0.2, 0) is 5.41 Å². The quantitative estimate of drug-likeness (QED) is 0.892. The fourth-order valence-electron chi connectivity index (χ4n) is 3.20. The topological polar surface area (TPSA) is 53.7 Å². The maximum absolute atomic E-state index is 6.04. The molecule has 98 valence electrons. The van der Waals surface area contributed by atoms with Crippen LogP contribution in [0.4, 0.5) is 0 Å². The van der Waals surface area contributed by atoms with E-state index in [-0.39, 0.29) is 12.2 Å². The van der Waals surface area contributed by atoms with Crippen molar-refractivity contribution in [3.05, 3.63) is 17.7 Å². The van der Waals surface area contributed by atoms with E-state index in [0.717, 1.165) is 30.1 Å². The molecule has 3 rings (SSSR count). The van der Waals surface area contributed by atoms with Gasteiger partial charge in [0.1, 0.15) is 0 Å². The summed E-state index contributed by atoms with van der Waals surface area (Å²) in [4.78, 5) is 0. The third-order valence-electron chi connectivity index (χ3n) is 4.22. The molecule has 0 aromatic heterocycles. The first kappa shape index (κ1) is 11.7. The lowest BCUT2D eigenvalue weighted by molar-refractivity contribution is 0.171. The van der Waals surface area contributed by atoms with Crippen LogP contribution in [0.1, 0.15) is 31.2 Å². The first-order chi connectivity index (χ1) is 8.80. The Balaban J connectivity index is 2.11. The molecule has 0 amide bonds. The van der Waals surface area contributed by atoms with Crippen molar-refractivity contribution in [3.8, 4) is 17.2 Å². The molecule has 0 atom stereocenters. The molecule has 1 heterocycles. The zero-order chi connectivity index (χ0) is 12.6. The van der Waals surface area contributed by atoms with E-state index in [2.05, 4.69) is 6.07 Å². The van der Waals surface area contributed by atoms with Crippen LogP contribution < -0.4 is 19.9 Å². The maximum atomic E-state index is 6.04. The molecule has 1 aliphatic heterocycles. The molecule has 0 spiro atoms. The molecule has 0 radical (unpaired) electrons. The summed E-state index contributed by atoms with van der Waals surface area (Å²) in [7, 11) is 1.68. The monoisotopic (exact) mass is 249 g/mol. The van der Waals surface area contributed by atoms with Crippen molar-refractivity contribution in [1.29, 1.82) is 0 Å². The molecular weight excluding hydrogens is 230 g/mol. The Morgan fingerprint density at radius 2 is 2.06 bits per heavy atom. The Hall–Kier alpha value is -1.42. The molecule has 0 saturated heterocycles. The number of rotatable bonds is 3. The van der Waals surface area contributed by atoms with Crippen molar-refractivity contribution < 1.29 is 14.2 Å². The second kappa shape index (κ2) is 4.35. The van der Waals surface area contributed by atoms with E-state index in [0.29, 0.717) is 6.54 Å². The van der Waals surface area contributed by atoms with Crippen molar-refractivity contribution in [3.63, 3.8) is 0 Å². The largest absolute Gasteiger partial charge is 0.492 e. The fraction of sp³-hybridized carbons (Fsp3) is 0.571. The zero-order valence-electron chi connectivity index (χ0n) is 10.7. The van der Waals surface area contributed by atoms with E-state index < -0.39 is 0 Å². The van der Waals surface area contributed by atoms with E-state index in [1.54, 1.807) is 7.11 Å². The number of ether oxygens (including phenoxy) is 3. The van der Waals surface area contributed by atoms with Crippen molar-refractivity contribution in [2.24, 2.45) is 5.73 Å². The Bertz CT molecular complexity index is 453. The van der Waals surface area contributed by atoms with Crippen LogP contribution >= 0.6 is 0 Å². The highest BCUT2D eigenvalue weighted by Gasteiger charge is 2.38.